The maximum Gasteiger partial charge on any atom is 0.263 e. The van der Waals surface area contributed by atoms with Crippen molar-refractivity contribution in [2.45, 2.75) is 19.4 Å². The number of benzene rings is 1. The molecule has 0 unspecified atom stereocenters. The van der Waals surface area contributed by atoms with Gasteiger partial charge in [-0.05, 0) is 37.6 Å². The lowest BCUT2D eigenvalue weighted by atomic mass is 10.3. The number of hydrogen-bond acceptors (Lipinski definition) is 5. The third kappa shape index (κ3) is 4.01. The van der Waals surface area contributed by atoms with Crippen molar-refractivity contribution in [3.05, 3.63) is 48.7 Å². The molecule has 126 valence electrons. The lowest BCUT2D eigenvalue weighted by Crippen LogP contribution is -2.42. The molecule has 6 heteroatoms. The van der Waals surface area contributed by atoms with Crippen LogP contribution in [0, 0.1) is 0 Å². The number of nitrogens with zero attached hydrogens (tertiary/aromatic N) is 4. The second kappa shape index (κ2) is 7.77. The Hall–Kier alpha value is -2.63. The number of carbonyl (C=O) groups excluding carboxylic acids is 1. The molecule has 1 atom stereocenters. The molecule has 1 aromatic carbocycles. The van der Waals surface area contributed by atoms with E-state index in [0.717, 1.165) is 31.9 Å². The quantitative estimate of drug-likeness (QED) is 0.860. The molecule has 1 aliphatic rings. The summed E-state index contributed by atoms with van der Waals surface area (Å²) in [7, 11) is 0. The molecular weight excluding hydrogens is 304 g/mol. The first kappa shape index (κ1) is 16.2. The van der Waals surface area contributed by atoms with Gasteiger partial charge in [-0.2, -0.15) is 5.10 Å². The van der Waals surface area contributed by atoms with Crippen LogP contribution in [0.4, 0.5) is 5.82 Å². The van der Waals surface area contributed by atoms with Crippen molar-refractivity contribution in [3.63, 3.8) is 0 Å². The third-order valence-electron chi connectivity index (χ3n) is 4.09. The summed E-state index contributed by atoms with van der Waals surface area (Å²) < 4.78 is 5.75. The number of amides is 1. The lowest BCUT2D eigenvalue weighted by molar-refractivity contribution is -0.137. The summed E-state index contributed by atoms with van der Waals surface area (Å²) >= 11 is 0. The Bertz CT molecular complexity index is 651. The standard InChI is InChI=1S/C18H22N4O2/c1-15(24-16-7-3-2-4-8-16)18(23)22-12-6-11-21(13-14-22)17-9-5-10-19-20-17/h2-5,7-10,15H,6,11-14H2,1H3/t15-/m1/s1. The molecule has 1 fully saturated rings. The first-order valence-electron chi connectivity index (χ1n) is 8.27. The van der Waals surface area contributed by atoms with E-state index in [1.165, 1.54) is 0 Å². The molecule has 0 N–H and O–H groups in total. The third-order valence-corrected chi connectivity index (χ3v) is 4.09. The molecule has 0 aliphatic carbocycles. The molecule has 0 spiro atoms. The smallest absolute Gasteiger partial charge is 0.263 e. The Labute approximate surface area is 142 Å². The average molecular weight is 326 g/mol. The number of rotatable bonds is 4. The van der Waals surface area contributed by atoms with Gasteiger partial charge < -0.3 is 14.5 Å². The van der Waals surface area contributed by atoms with Crippen LogP contribution < -0.4 is 9.64 Å². The molecule has 2 heterocycles. The summed E-state index contributed by atoms with van der Waals surface area (Å²) in [4.78, 5) is 16.7. The summed E-state index contributed by atoms with van der Waals surface area (Å²) in [6.45, 7) is 4.83. The van der Waals surface area contributed by atoms with Crippen LogP contribution in [-0.4, -0.2) is 53.3 Å². The van der Waals surface area contributed by atoms with Crippen molar-refractivity contribution in [3.8, 4) is 5.75 Å². The van der Waals surface area contributed by atoms with Gasteiger partial charge in [0.2, 0.25) is 0 Å². The zero-order valence-electron chi connectivity index (χ0n) is 13.8. The first-order valence-corrected chi connectivity index (χ1v) is 8.27. The number of para-hydroxylation sites is 1. The van der Waals surface area contributed by atoms with Crippen molar-refractivity contribution >= 4 is 11.7 Å². The highest BCUT2D eigenvalue weighted by Gasteiger charge is 2.25. The van der Waals surface area contributed by atoms with E-state index in [4.69, 9.17) is 4.74 Å². The molecule has 3 rings (SSSR count). The number of anilines is 1. The zero-order valence-corrected chi connectivity index (χ0v) is 13.8. The van der Waals surface area contributed by atoms with Crippen LogP contribution in [-0.2, 0) is 4.79 Å². The Morgan fingerprint density at radius 1 is 1.08 bits per heavy atom. The molecule has 6 nitrogen and oxygen atoms in total. The number of carbonyl (C=O) groups is 1. The zero-order chi connectivity index (χ0) is 16.8. The van der Waals surface area contributed by atoms with E-state index < -0.39 is 6.10 Å². The van der Waals surface area contributed by atoms with Crippen LogP contribution in [0.15, 0.2) is 48.7 Å². The van der Waals surface area contributed by atoms with Gasteiger partial charge in [0.1, 0.15) is 5.75 Å². The Balaban J connectivity index is 1.58. The Morgan fingerprint density at radius 3 is 2.67 bits per heavy atom. The number of ether oxygens (including phenoxy) is 1. The predicted molar refractivity (Wildman–Crippen MR) is 92.0 cm³/mol. The minimum atomic E-state index is -0.490. The molecule has 1 aliphatic heterocycles. The van der Waals surface area contributed by atoms with Crippen molar-refractivity contribution in [1.29, 1.82) is 0 Å². The molecule has 1 amide bonds. The maximum absolute atomic E-state index is 12.7. The first-order chi connectivity index (χ1) is 11.7. The van der Waals surface area contributed by atoms with Crippen molar-refractivity contribution < 1.29 is 9.53 Å². The molecule has 2 aromatic rings. The van der Waals surface area contributed by atoms with Crippen LogP contribution in [0.5, 0.6) is 5.75 Å². The predicted octanol–water partition coefficient (Wildman–Crippen LogP) is 1.98. The molecule has 0 bridgehead atoms. The van der Waals surface area contributed by atoms with Gasteiger partial charge in [0.15, 0.2) is 11.9 Å². The van der Waals surface area contributed by atoms with Gasteiger partial charge in [-0.1, -0.05) is 18.2 Å². The summed E-state index contributed by atoms with van der Waals surface area (Å²) in [5, 5.41) is 8.08. The second-order valence-electron chi connectivity index (χ2n) is 5.82. The fourth-order valence-electron chi connectivity index (χ4n) is 2.84. The van der Waals surface area contributed by atoms with E-state index in [0.29, 0.717) is 12.3 Å². The van der Waals surface area contributed by atoms with Gasteiger partial charge in [0.05, 0.1) is 0 Å². The summed E-state index contributed by atoms with van der Waals surface area (Å²) in [6.07, 6.45) is 2.08. The number of hydrogen-bond donors (Lipinski definition) is 0. The molecule has 0 radical (unpaired) electrons. The normalized spacial score (nSPS) is 16.4. The maximum atomic E-state index is 12.7. The molecule has 24 heavy (non-hydrogen) atoms. The minimum absolute atomic E-state index is 0.0276. The van der Waals surface area contributed by atoms with Gasteiger partial charge >= 0.3 is 0 Å². The summed E-state index contributed by atoms with van der Waals surface area (Å²) in [5.74, 6) is 1.61. The van der Waals surface area contributed by atoms with E-state index in [9.17, 15) is 4.79 Å². The van der Waals surface area contributed by atoms with Gasteiger partial charge in [-0.3, -0.25) is 4.79 Å². The van der Waals surface area contributed by atoms with E-state index in [1.807, 2.05) is 47.4 Å². The highest BCUT2D eigenvalue weighted by molar-refractivity contribution is 5.81. The molecule has 0 saturated carbocycles. The van der Waals surface area contributed by atoms with Crippen molar-refractivity contribution in [2.24, 2.45) is 0 Å². The average Bonchev–Trinajstić information content (AvgIpc) is 2.89. The highest BCUT2D eigenvalue weighted by Crippen LogP contribution is 2.15. The van der Waals surface area contributed by atoms with Gasteiger partial charge in [0, 0.05) is 32.4 Å². The lowest BCUT2D eigenvalue weighted by Gasteiger charge is -2.25. The van der Waals surface area contributed by atoms with Crippen LogP contribution in [0.1, 0.15) is 13.3 Å². The topological polar surface area (TPSA) is 58.6 Å². The Morgan fingerprint density at radius 2 is 1.92 bits per heavy atom. The van der Waals surface area contributed by atoms with Gasteiger partial charge in [-0.15, -0.1) is 5.10 Å². The van der Waals surface area contributed by atoms with E-state index in [1.54, 1.807) is 13.1 Å². The van der Waals surface area contributed by atoms with E-state index >= 15 is 0 Å². The van der Waals surface area contributed by atoms with Crippen molar-refractivity contribution in [1.82, 2.24) is 15.1 Å². The van der Waals surface area contributed by atoms with Gasteiger partial charge in [0.25, 0.3) is 5.91 Å². The molecular formula is C18H22N4O2. The summed E-state index contributed by atoms with van der Waals surface area (Å²) in [5.41, 5.74) is 0. The Kier molecular flexibility index (Phi) is 5.25. The highest BCUT2D eigenvalue weighted by atomic mass is 16.5. The molecule has 1 saturated heterocycles. The second-order valence-corrected chi connectivity index (χ2v) is 5.82. The fourth-order valence-corrected chi connectivity index (χ4v) is 2.84. The van der Waals surface area contributed by atoms with Crippen LogP contribution in [0.25, 0.3) is 0 Å². The van der Waals surface area contributed by atoms with E-state index in [2.05, 4.69) is 15.1 Å². The monoisotopic (exact) mass is 326 g/mol. The minimum Gasteiger partial charge on any atom is -0.481 e. The molecule has 1 aromatic heterocycles. The van der Waals surface area contributed by atoms with E-state index in [-0.39, 0.29) is 5.91 Å². The fraction of sp³-hybridized carbons (Fsp3) is 0.389. The van der Waals surface area contributed by atoms with Crippen LogP contribution in [0.2, 0.25) is 0 Å². The van der Waals surface area contributed by atoms with Crippen molar-refractivity contribution in [2.75, 3.05) is 31.1 Å². The van der Waals surface area contributed by atoms with Crippen LogP contribution >= 0.6 is 0 Å². The largest absolute Gasteiger partial charge is 0.481 e. The summed E-state index contributed by atoms with van der Waals surface area (Å²) in [6, 6.07) is 13.3. The van der Waals surface area contributed by atoms with Gasteiger partial charge in [-0.25, -0.2) is 0 Å². The number of aromatic nitrogens is 2. The SMILES string of the molecule is C[C@@H](Oc1ccccc1)C(=O)N1CCCN(c2cccnn2)CC1. The van der Waals surface area contributed by atoms with Crippen LogP contribution in [0.3, 0.4) is 0 Å².